The van der Waals surface area contributed by atoms with E-state index in [1.54, 1.807) is 31.2 Å². The number of nitrogens with one attached hydrogen (secondary N) is 1. The van der Waals surface area contributed by atoms with Crippen LogP contribution in [0.25, 0.3) is 0 Å². The number of carbonyl (C=O) groups excluding carboxylic acids is 1. The van der Waals surface area contributed by atoms with E-state index in [2.05, 4.69) is 37.7 Å². The lowest BCUT2D eigenvalue weighted by Crippen LogP contribution is -2.42. The molecule has 1 saturated carbocycles. The fraction of sp³-hybridized carbons (Fsp3) is 0.576. The molecular formula is C33H52N4O4S. The summed E-state index contributed by atoms with van der Waals surface area (Å²) >= 11 is 0. The molecule has 234 valence electrons. The number of sulfonamides is 1. The Kier molecular flexibility index (Phi) is 13.5. The maximum absolute atomic E-state index is 13.4. The quantitative estimate of drug-likeness (QED) is 0.307. The number of rotatable bonds is 10. The minimum Gasteiger partial charge on any atom is -0.385 e. The van der Waals surface area contributed by atoms with Gasteiger partial charge in [0.1, 0.15) is 0 Å². The highest BCUT2D eigenvalue weighted by Gasteiger charge is 2.34. The van der Waals surface area contributed by atoms with Crippen molar-refractivity contribution in [3.8, 4) is 0 Å². The fourth-order valence-electron chi connectivity index (χ4n) is 4.31. The minimum absolute atomic E-state index is 0.0539. The van der Waals surface area contributed by atoms with Crippen LogP contribution in [-0.4, -0.2) is 65.3 Å². The van der Waals surface area contributed by atoms with Crippen molar-refractivity contribution in [2.75, 3.05) is 50.0 Å². The van der Waals surface area contributed by atoms with E-state index in [9.17, 15) is 13.2 Å². The first-order valence-corrected chi connectivity index (χ1v) is 16.7. The van der Waals surface area contributed by atoms with Crippen LogP contribution >= 0.6 is 0 Å². The van der Waals surface area contributed by atoms with Gasteiger partial charge in [0.25, 0.3) is 15.9 Å². The van der Waals surface area contributed by atoms with E-state index in [4.69, 9.17) is 4.99 Å². The van der Waals surface area contributed by atoms with Crippen LogP contribution in [0.1, 0.15) is 84.5 Å². The Labute approximate surface area is 254 Å². The third-order valence-corrected chi connectivity index (χ3v) is 9.40. The number of aliphatic imine (C=N–C) groups is 1. The van der Waals surface area contributed by atoms with Crippen molar-refractivity contribution in [3.05, 3.63) is 48.0 Å². The van der Waals surface area contributed by atoms with Crippen molar-refractivity contribution >= 4 is 38.7 Å². The van der Waals surface area contributed by atoms with Crippen LogP contribution in [0.2, 0.25) is 0 Å². The van der Waals surface area contributed by atoms with Gasteiger partial charge >= 0.3 is 0 Å². The summed E-state index contributed by atoms with van der Waals surface area (Å²) in [6.45, 7) is 17.9. The Morgan fingerprint density at radius 2 is 1.74 bits per heavy atom. The maximum atomic E-state index is 13.4. The monoisotopic (exact) mass is 600 g/mol. The summed E-state index contributed by atoms with van der Waals surface area (Å²) in [6.07, 6.45) is 4.11. The predicted molar refractivity (Wildman–Crippen MR) is 176 cm³/mol. The van der Waals surface area contributed by atoms with E-state index in [1.807, 2.05) is 39.0 Å². The molecule has 0 radical (unpaired) electrons. The second-order valence-corrected chi connectivity index (χ2v) is 13.4. The zero-order valence-electron chi connectivity index (χ0n) is 27.2. The van der Waals surface area contributed by atoms with Crippen LogP contribution in [0, 0.1) is 11.3 Å². The van der Waals surface area contributed by atoms with Gasteiger partial charge in [-0.25, -0.2) is 8.42 Å². The molecule has 2 aromatic carbocycles. The summed E-state index contributed by atoms with van der Waals surface area (Å²) < 4.78 is 32.7. The highest BCUT2D eigenvalue weighted by Crippen LogP contribution is 2.41. The largest absolute Gasteiger partial charge is 0.385 e. The van der Waals surface area contributed by atoms with Gasteiger partial charge in [0, 0.05) is 57.1 Å². The van der Waals surface area contributed by atoms with Gasteiger partial charge in [0.05, 0.1) is 22.0 Å². The molecule has 1 saturated heterocycles. The van der Waals surface area contributed by atoms with E-state index < -0.39 is 10.0 Å². The molecule has 2 fully saturated rings. The Bertz CT molecular complexity index is 1280. The number of hydrogen-bond donors (Lipinski definition) is 1. The van der Waals surface area contributed by atoms with E-state index >= 15 is 0 Å². The molecule has 42 heavy (non-hydrogen) atoms. The highest BCUT2D eigenvalue weighted by molar-refractivity contribution is 7.92. The van der Waals surface area contributed by atoms with E-state index in [1.165, 1.54) is 16.4 Å². The molecule has 1 N–H and O–H groups in total. The molecule has 8 nitrogen and oxygen atoms in total. The number of methoxy groups -OCH3 is 1. The lowest BCUT2D eigenvalue weighted by molar-refractivity contribution is 0.0651. The fourth-order valence-corrected chi connectivity index (χ4v) is 5.50. The minimum atomic E-state index is -3.81. The number of nitrogens with zero attached hydrogens (tertiary/aromatic N) is 3. The molecule has 4 rings (SSSR count). The smallest absolute Gasteiger partial charge is 0.264 e. The van der Waals surface area contributed by atoms with Gasteiger partial charge in [0.2, 0.25) is 0 Å². The predicted octanol–water partition coefficient (Wildman–Crippen LogP) is 7.39. The third-order valence-electron chi connectivity index (χ3n) is 7.60. The molecule has 0 unspecified atom stereocenters. The summed E-state index contributed by atoms with van der Waals surface area (Å²) in [5, 5.41) is 3.49. The van der Waals surface area contributed by atoms with Crippen LogP contribution in [0.5, 0.6) is 0 Å². The Morgan fingerprint density at radius 1 is 1.12 bits per heavy atom. The van der Waals surface area contributed by atoms with E-state index in [0.29, 0.717) is 17.2 Å². The Morgan fingerprint density at radius 3 is 2.19 bits per heavy atom. The summed E-state index contributed by atoms with van der Waals surface area (Å²) in [6, 6.07) is 11.8. The van der Waals surface area contributed by atoms with Crippen molar-refractivity contribution in [2.24, 2.45) is 16.3 Å². The third kappa shape index (κ3) is 9.04. The molecular weight excluding hydrogens is 548 g/mol. The van der Waals surface area contributed by atoms with Crippen molar-refractivity contribution in [1.82, 2.24) is 4.90 Å². The lowest BCUT2D eigenvalue weighted by Gasteiger charge is -2.36. The summed E-state index contributed by atoms with van der Waals surface area (Å²) in [5.41, 5.74) is 3.93. The molecule has 0 spiro atoms. The number of ether oxygens (including phenoxy) is 1. The normalized spacial score (nSPS) is 16.3. The van der Waals surface area contributed by atoms with Crippen molar-refractivity contribution in [2.45, 2.75) is 79.0 Å². The first-order chi connectivity index (χ1) is 19.9. The van der Waals surface area contributed by atoms with Crippen LogP contribution in [0.15, 0.2) is 52.4 Å². The number of carbonyl (C=O) groups is 1. The molecule has 2 aliphatic rings. The molecule has 0 aromatic heterocycles. The first kappa shape index (κ1) is 35.3. The second-order valence-electron chi connectivity index (χ2n) is 11.5. The van der Waals surface area contributed by atoms with Crippen molar-refractivity contribution in [1.29, 1.82) is 0 Å². The molecule has 0 atom stereocenters. The van der Waals surface area contributed by atoms with Crippen LogP contribution in [0.3, 0.4) is 0 Å². The number of likely N-dealkylation sites (tertiary alicyclic amines) is 1. The SMILES string of the molecule is CC.CC(C)CCNc1ccc(N(C)S(=O)(=O)c2ccc(C(=O)N3CCC3)cc2)cc1N=C1CCC1(C)C.CCOC. The lowest BCUT2D eigenvalue weighted by atomic mass is 9.70. The standard InChI is InChI=1S/C28H38N4O3S.C3H8O.C2H6/c1-20(2)14-16-29-24-12-9-22(19-25(24)30-26-13-15-28(26,3)4)31(5)36(34,35)23-10-7-21(8-11-23)27(33)32-17-6-18-32;1-3-4-2;1-2/h7-12,19-20,29H,6,13-18H2,1-5H3;3H2,1-2H3;1-2H3. The molecule has 1 aliphatic carbocycles. The molecule has 1 heterocycles. The second kappa shape index (κ2) is 16.1. The molecule has 1 amide bonds. The van der Waals surface area contributed by atoms with Gasteiger partial charge < -0.3 is 15.0 Å². The topological polar surface area (TPSA) is 91.3 Å². The Hall–Kier alpha value is -2.91. The molecule has 9 heteroatoms. The first-order valence-electron chi connectivity index (χ1n) is 15.2. The summed E-state index contributed by atoms with van der Waals surface area (Å²) in [4.78, 5) is 19.3. The van der Waals surface area contributed by atoms with Crippen LogP contribution in [0.4, 0.5) is 17.1 Å². The summed E-state index contributed by atoms with van der Waals surface area (Å²) in [5.74, 6) is 0.530. The average Bonchev–Trinajstić information content (AvgIpc) is 2.95. The van der Waals surface area contributed by atoms with Gasteiger partial charge in [0.15, 0.2) is 0 Å². The van der Waals surface area contributed by atoms with Gasteiger partial charge in [-0.15, -0.1) is 0 Å². The Balaban J connectivity index is 0.000000947. The molecule has 2 aromatic rings. The van der Waals surface area contributed by atoms with Gasteiger partial charge in [-0.2, -0.15) is 0 Å². The number of hydrogen-bond acceptors (Lipinski definition) is 6. The van der Waals surface area contributed by atoms with E-state index in [-0.39, 0.29) is 16.2 Å². The summed E-state index contributed by atoms with van der Waals surface area (Å²) in [7, 11) is -0.571. The zero-order valence-corrected chi connectivity index (χ0v) is 28.0. The molecule has 0 bridgehead atoms. The van der Waals surface area contributed by atoms with Crippen molar-refractivity contribution < 1.29 is 17.9 Å². The van der Waals surface area contributed by atoms with Gasteiger partial charge in [-0.3, -0.25) is 14.1 Å². The maximum Gasteiger partial charge on any atom is 0.264 e. The van der Waals surface area contributed by atoms with Crippen LogP contribution < -0.4 is 9.62 Å². The average molecular weight is 601 g/mol. The van der Waals surface area contributed by atoms with E-state index in [0.717, 1.165) is 69.0 Å². The van der Waals surface area contributed by atoms with Gasteiger partial charge in [-0.05, 0) is 81.0 Å². The highest BCUT2D eigenvalue weighted by atomic mass is 32.2. The number of anilines is 2. The van der Waals surface area contributed by atoms with Crippen LogP contribution in [-0.2, 0) is 14.8 Å². The molecule has 1 aliphatic heterocycles. The number of benzene rings is 2. The zero-order chi connectivity index (χ0) is 31.5. The van der Waals surface area contributed by atoms with Crippen molar-refractivity contribution in [3.63, 3.8) is 0 Å². The van der Waals surface area contributed by atoms with Gasteiger partial charge in [-0.1, -0.05) is 41.5 Å². The number of amides is 1.